The monoisotopic (exact) mass is 427 g/mol. The Kier molecular flexibility index (Phi) is 5.87. The van der Waals surface area contributed by atoms with Gasteiger partial charge in [-0.15, -0.1) is 0 Å². The molecular weight excluding hydrogens is 402 g/mol. The maximum atomic E-state index is 13.1. The predicted molar refractivity (Wildman–Crippen MR) is 112 cm³/mol. The van der Waals surface area contributed by atoms with Crippen LogP contribution in [0.4, 0.5) is 0 Å². The fraction of sp³-hybridized carbons (Fsp3) is 0.364. The van der Waals surface area contributed by atoms with Gasteiger partial charge in [-0.25, -0.2) is 8.42 Å². The van der Waals surface area contributed by atoms with Crippen molar-refractivity contribution in [2.24, 2.45) is 0 Å². The highest BCUT2D eigenvalue weighted by Gasteiger charge is 2.28. The fourth-order valence-corrected chi connectivity index (χ4v) is 5.42. The molecule has 0 spiro atoms. The molecule has 30 heavy (non-hydrogen) atoms. The predicted octanol–water partition coefficient (Wildman–Crippen LogP) is 1.79. The number of hydrogen-bond acceptors (Lipinski definition) is 4. The first-order valence-corrected chi connectivity index (χ1v) is 11.6. The smallest absolute Gasteiger partial charge is 0.251 e. The van der Waals surface area contributed by atoms with Crippen LogP contribution in [0.1, 0.15) is 34.3 Å². The van der Waals surface area contributed by atoms with Gasteiger partial charge in [0.2, 0.25) is 15.9 Å². The molecule has 0 atom stereocenters. The molecule has 0 radical (unpaired) electrons. The Morgan fingerprint density at radius 1 is 0.933 bits per heavy atom. The summed E-state index contributed by atoms with van der Waals surface area (Å²) >= 11 is 0. The van der Waals surface area contributed by atoms with E-state index in [1.165, 1.54) is 22.0 Å². The molecule has 0 aliphatic carbocycles. The minimum atomic E-state index is -3.73. The molecule has 2 aliphatic rings. The van der Waals surface area contributed by atoms with Gasteiger partial charge in [-0.2, -0.15) is 4.31 Å². The lowest BCUT2D eigenvalue weighted by Crippen LogP contribution is -2.38. The van der Waals surface area contributed by atoms with E-state index in [2.05, 4.69) is 5.32 Å². The summed E-state index contributed by atoms with van der Waals surface area (Å²) in [4.78, 5) is 26.4. The van der Waals surface area contributed by atoms with Crippen LogP contribution in [-0.4, -0.2) is 55.6 Å². The average Bonchev–Trinajstić information content (AvgIpc) is 3.32. The number of hydrogen-bond donors (Lipinski definition) is 1. The van der Waals surface area contributed by atoms with Gasteiger partial charge >= 0.3 is 0 Å². The standard InChI is InChI=1S/C22H25N3O4S/c26-21(24-11-3-4-12-24)15-23-22(27)18-8-5-9-20(14-18)30(28,29)25-13-10-17-6-1-2-7-19(17)16-25/h1-2,5-9,14H,3-4,10-13,15-16H2,(H,23,27). The molecule has 1 fully saturated rings. The molecule has 0 unspecified atom stereocenters. The number of sulfonamides is 1. The Morgan fingerprint density at radius 2 is 1.67 bits per heavy atom. The summed E-state index contributed by atoms with van der Waals surface area (Å²) in [7, 11) is -3.73. The summed E-state index contributed by atoms with van der Waals surface area (Å²) in [6, 6.07) is 13.8. The number of likely N-dealkylation sites (tertiary alicyclic amines) is 1. The van der Waals surface area contributed by atoms with Crippen molar-refractivity contribution in [2.75, 3.05) is 26.2 Å². The van der Waals surface area contributed by atoms with Gasteiger partial charge in [-0.3, -0.25) is 9.59 Å². The summed E-state index contributed by atoms with van der Waals surface area (Å²) in [5.41, 5.74) is 2.39. The van der Waals surface area contributed by atoms with Crippen molar-refractivity contribution in [2.45, 2.75) is 30.7 Å². The van der Waals surface area contributed by atoms with Crippen molar-refractivity contribution in [1.82, 2.24) is 14.5 Å². The van der Waals surface area contributed by atoms with Gasteiger partial charge in [0.15, 0.2) is 0 Å². The molecule has 2 aromatic rings. The topological polar surface area (TPSA) is 86.8 Å². The van der Waals surface area contributed by atoms with Gasteiger partial charge in [0.1, 0.15) is 0 Å². The van der Waals surface area contributed by atoms with Crippen molar-refractivity contribution in [1.29, 1.82) is 0 Å². The second kappa shape index (κ2) is 8.57. The van der Waals surface area contributed by atoms with Gasteiger partial charge in [0.05, 0.1) is 11.4 Å². The van der Waals surface area contributed by atoms with E-state index in [1.54, 1.807) is 17.0 Å². The Morgan fingerprint density at radius 3 is 2.43 bits per heavy atom. The number of carbonyl (C=O) groups excluding carboxylic acids is 2. The number of nitrogens with one attached hydrogen (secondary N) is 1. The van der Waals surface area contributed by atoms with Crippen LogP contribution in [0.3, 0.4) is 0 Å². The zero-order valence-electron chi connectivity index (χ0n) is 16.7. The number of nitrogens with zero attached hydrogens (tertiary/aromatic N) is 2. The second-order valence-electron chi connectivity index (χ2n) is 7.66. The number of rotatable bonds is 5. The third kappa shape index (κ3) is 4.24. The molecular formula is C22H25N3O4S. The normalized spacial score (nSPS) is 16.9. The van der Waals surface area contributed by atoms with Crippen LogP contribution < -0.4 is 5.32 Å². The van der Waals surface area contributed by atoms with Gasteiger partial charge in [0, 0.05) is 31.7 Å². The van der Waals surface area contributed by atoms with Crippen LogP contribution in [-0.2, 0) is 27.8 Å². The van der Waals surface area contributed by atoms with Crippen LogP contribution >= 0.6 is 0 Å². The molecule has 158 valence electrons. The first kappa shape index (κ1) is 20.6. The Labute approximate surface area is 176 Å². The SMILES string of the molecule is O=C(NCC(=O)N1CCCC1)c1cccc(S(=O)(=O)N2CCc3ccccc3C2)c1. The zero-order valence-corrected chi connectivity index (χ0v) is 17.5. The number of fused-ring (bicyclic) bond motifs is 1. The van der Waals surface area contributed by atoms with E-state index < -0.39 is 15.9 Å². The fourth-order valence-electron chi connectivity index (χ4n) is 3.96. The first-order valence-electron chi connectivity index (χ1n) is 10.2. The molecule has 0 aromatic heterocycles. The van der Waals surface area contributed by atoms with Crippen molar-refractivity contribution < 1.29 is 18.0 Å². The van der Waals surface area contributed by atoms with E-state index in [0.717, 1.165) is 31.5 Å². The summed E-state index contributed by atoms with van der Waals surface area (Å²) < 4.78 is 27.7. The third-order valence-corrected chi connectivity index (χ3v) is 7.53. The average molecular weight is 428 g/mol. The highest BCUT2D eigenvalue weighted by Crippen LogP contribution is 2.25. The highest BCUT2D eigenvalue weighted by molar-refractivity contribution is 7.89. The summed E-state index contributed by atoms with van der Waals surface area (Å²) in [5, 5.41) is 2.61. The molecule has 7 nitrogen and oxygen atoms in total. The van der Waals surface area contributed by atoms with E-state index in [9.17, 15) is 18.0 Å². The lowest BCUT2D eigenvalue weighted by Gasteiger charge is -2.28. The Hall–Kier alpha value is -2.71. The summed E-state index contributed by atoms with van der Waals surface area (Å²) in [5.74, 6) is -0.569. The largest absolute Gasteiger partial charge is 0.343 e. The van der Waals surface area contributed by atoms with Crippen molar-refractivity contribution in [3.63, 3.8) is 0 Å². The molecule has 2 amide bonds. The minimum Gasteiger partial charge on any atom is -0.343 e. The third-order valence-electron chi connectivity index (χ3n) is 5.69. The van der Waals surface area contributed by atoms with Gasteiger partial charge < -0.3 is 10.2 Å². The van der Waals surface area contributed by atoms with E-state index in [1.807, 2.05) is 24.3 Å². The molecule has 8 heteroatoms. The van der Waals surface area contributed by atoms with Gasteiger partial charge in [-0.1, -0.05) is 30.3 Å². The van der Waals surface area contributed by atoms with Gasteiger partial charge in [-0.05, 0) is 48.6 Å². The lowest BCUT2D eigenvalue weighted by molar-refractivity contribution is -0.129. The number of carbonyl (C=O) groups is 2. The van der Waals surface area contributed by atoms with Crippen LogP contribution in [0.25, 0.3) is 0 Å². The van der Waals surface area contributed by atoms with Crippen LogP contribution in [0.2, 0.25) is 0 Å². The zero-order chi connectivity index (χ0) is 21.1. The van der Waals surface area contributed by atoms with Crippen molar-refractivity contribution in [3.8, 4) is 0 Å². The second-order valence-corrected chi connectivity index (χ2v) is 9.59. The van der Waals surface area contributed by atoms with Crippen LogP contribution in [0.15, 0.2) is 53.4 Å². The molecule has 1 N–H and O–H groups in total. The Balaban J connectivity index is 1.45. The van der Waals surface area contributed by atoms with Crippen LogP contribution in [0, 0.1) is 0 Å². The van der Waals surface area contributed by atoms with Crippen molar-refractivity contribution in [3.05, 3.63) is 65.2 Å². The van der Waals surface area contributed by atoms with E-state index in [0.29, 0.717) is 19.5 Å². The number of amides is 2. The molecule has 2 aromatic carbocycles. The van der Waals surface area contributed by atoms with E-state index in [4.69, 9.17) is 0 Å². The maximum Gasteiger partial charge on any atom is 0.251 e. The van der Waals surface area contributed by atoms with Gasteiger partial charge in [0.25, 0.3) is 5.91 Å². The van der Waals surface area contributed by atoms with E-state index >= 15 is 0 Å². The first-order chi connectivity index (χ1) is 14.4. The maximum absolute atomic E-state index is 13.1. The van der Waals surface area contributed by atoms with Crippen molar-refractivity contribution >= 4 is 21.8 Å². The van der Waals surface area contributed by atoms with Crippen LogP contribution in [0.5, 0.6) is 0 Å². The molecule has 0 saturated carbocycles. The summed E-state index contributed by atoms with van der Waals surface area (Å²) in [6.45, 7) is 2.08. The molecule has 4 rings (SSSR count). The summed E-state index contributed by atoms with van der Waals surface area (Å²) in [6.07, 6.45) is 2.63. The molecule has 0 bridgehead atoms. The van der Waals surface area contributed by atoms with E-state index in [-0.39, 0.29) is 22.9 Å². The molecule has 2 heterocycles. The highest BCUT2D eigenvalue weighted by atomic mass is 32.2. The molecule has 1 saturated heterocycles. The quantitative estimate of drug-likeness (QED) is 0.788. The lowest BCUT2D eigenvalue weighted by atomic mass is 10.0. The Bertz CT molecular complexity index is 1060. The number of benzene rings is 2. The minimum absolute atomic E-state index is 0.0837. The molecule has 2 aliphatic heterocycles.